The van der Waals surface area contributed by atoms with Crippen molar-refractivity contribution < 1.29 is 14.3 Å². The van der Waals surface area contributed by atoms with E-state index < -0.39 is 0 Å². The Bertz CT molecular complexity index is 394. The molecule has 0 aliphatic rings. The fourth-order valence-electron chi connectivity index (χ4n) is 1.52. The Morgan fingerprint density at radius 3 is 2.56 bits per heavy atom. The molecule has 0 bridgehead atoms. The summed E-state index contributed by atoms with van der Waals surface area (Å²) in [5.74, 6) is 1.22. The highest BCUT2D eigenvalue weighted by Crippen LogP contribution is 2.29. The van der Waals surface area contributed by atoms with Crippen LogP contribution < -0.4 is 20.1 Å². The van der Waals surface area contributed by atoms with Crippen LogP contribution in [0.4, 0.5) is 5.69 Å². The normalized spacial score (nSPS) is 9.94. The number of benzene rings is 1. The first kappa shape index (κ1) is 14.3. The summed E-state index contributed by atoms with van der Waals surface area (Å²) >= 11 is 0. The van der Waals surface area contributed by atoms with Gasteiger partial charge in [0.25, 0.3) is 0 Å². The van der Waals surface area contributed by atoms with Crippen LogP contribution in [0.15, 0.2) is 18.2 Å². The molecule has 0 aliphatic heterocycles. The molecule has 0 radical (unpaired) electrons. The van der Waals surface area contributed by atoms with Gasteiger partial charge >= 0.3 is 0 Å². The predicted octanol–water partition coefficient (Wildman–Crippen LogP) is 1.64. The first-order valence-corrected chi connectivity index (χ1v) is 5.93. The molecule has 0 unspecified atom stereocenters. The zero-order valence-corrected chi connectivity index (χ0v) is 11.1. The predicted molar refractivity (Wildman–Crippen MR) is 71.3 cm³/mol. The number of carbonyl (C=O) groups excluding carboxylic acids is 1. The molecule has 0 aliphatic carbocycles. The molecule has 18 heavy (non-hydrogen) atoms. The average Bonchev–Trinajstić information content (AvgIpc) is 2.39. The summed E-state index contributed by atoms with van der Waals surface area (Å²) < 4.78 is 10.3. The van der Waals surface area contributed by atoms with Crippen molar-refractivity contribution in [3.8, 4) is 11.5 Å². The lowest BCUT2D eigenvalue weighted by Crippen LogP contribution is -2.21. The van der Waals surface area contributed by atoms with Crippen LogP contribution in [0, 0.1) is 0 Å². The van der Waals surface area contributed by atoms with Gasteiger partial charge in [0.2, 0.25) is 5.91 Å². The molecule has 0 atom stereocenters. The van der Waals surface area contributed by atoms with Crippen molar-refractivity contribution in [1.29, 1.82) is 0 Å². The zero-order chi connectivity index (χ0) is 13.4. The van der Waals surface area contributed by atoms with Crippen LogP contribution >= 0.6 is 0 Å². The average molecular weight is 252 g/mol. The lowest BCUT2D eigenvalue weighted by Gasteiger charge is -2.10. The molecule has 1 amide bonds. The van der Waals surface area contributed by atoms with Crippen molar-refractivity contribution in [2.75, 3.05) is 32.6 Å². The third-order valence-corrected chi connectivity index (χ3v) is 2.45. The number of hydrogen-bond donors (Lipinski definition) is 2. The van der Waals surface area contributed by atoms with Gasteiger partial charge in [-0.15, -0.1) is 0 Å². The fourth-order valence-corrected chi connectivity index (χ4v) is 1.52. The smallest absolute Gasteiger partial charge is 0.225 e. The molecule has 1 rings (SSSR count). The largest absolute Gasteiger partial charge is 0.493 e. The van der Waals surface area contributed by atoms with Crippen molar-refractivity contribution in [1.82, 2.24) is 5.32 Å². The Morgan fingerprint density at radius 1 is 1.22 bits per heavy atom. The molecule has 0 saturated heterocycles. The summed E-state index contributed by atoms with van der Waals surface area (Å²) in [4.78, 5) is 11.6. The van der Waals surface area contributed by atoms with Crippen LogP contribution in [-0.2, 0) is 4.79 Å². The lowest BCUT2D eigenvalue weighted by atomic mass is 10.2. The highest BCUT2D eigenvalue weighted by Gasteiger charge is 2.06. The molecule has 0 heterocycles. The van der Waals surface area contributed by atoms with Gasteiger partial charge in [-0.2, -0.15) is 0 Å². The summed E-state index contributed by atoms with van der Waals surface area (Å²) in [5.41, 5.74) is 0.703. The number of amides is 1. The van der Waals surface area contributed by atoms with Crippen molar-refractivity contribution in [2.24, 2.45) is 0 Å². The van der Waals surface area contributed by atoms with Crippen LogP contribution in [0.3, 0.4) is 0 Å². The maximum atomic E-state index is 11.6. The molecular formula is C13H20N2O3. The SMILES string of the molecule is CCNCCC(=O)Nc1ccc(OC)c(OC)c1. The lowest BCUT2D eigenvalue weighted by molar-refractivity contribution is -0.116. The summed E-state index contributed by atoms with van der Waals surface area (Å²) in [6.07, 6.45) is 0.447. The molecule has 1 aromatic rings. The molecule has 100 valence electrons. The molecular weight excluding hydrogens is 232 g/mol. The monoisotopic (exact) mass is 252 g/mol. The van der Waals surface area contributed by atoms with Crippen molar-refractivity contribution in [3.63, 3.8) is 0 Å². The van der Waals surface area contributed by atoms with E-state index >= 15 is 0 Å². The van der Waals surface area contributed by atoms with E-state index in [1.165, 1.54) is 0 Å². The number of anilines is 1. The van der Waals surface area contributed by atoms with Crippen LogP contribution in [-0.4, -0.2) is 33.2 Å². The molecule has 5 heteroatoms. The van der Waals surface area contributed by atoms with E-state index in [1.54, 1.807) is 32.4 Å². The van der Waals surface area contributed by atoms with Gasteiger partial charge in [-0.1, -0.05) is 6.92 Å². The van der Waals surface area contributed by atoms with Gasteiger partial charge in [0.15, 0.2) is 11.5 Å². The summed E-state index contributed by atoms with van der Waals surface area (Å²) in [5, 5.41) is 5.91. The highest BCUT2D eigenvalue weighted by atomic mass is 16.5. The molecule has 5 nitrogen and oxygen atoms in total. The topological polar surface area (TPSA) is 59.6 Å². The Kier molecular flexibility index (Phi) is 6.00. The second kappa shape index (κ2) is 7.55. The van der Waals surface area contributed by atoms with Gasteiger partial charge in [0.05, 0.1) is 14.2 Å². The van der Waals surface area contributed by atoms with E-state index in [2.05, 4.69) is 10.6 Å². The van der Waals surface area contributed by atoms with Gasteiger partial charge in [-0.25, -0.2) is 0 Å². The van der Waals surface area contributed by atoms with Gasteiger partial charge in [0, 0.05) is 24.7 Å². The summed E-state index contributed by atoms with van der Waals surface area (Å²) in [6.45, 7) is 3.55. The maximum absolute atomic E-state index is 11.6. The quantitative estimate of drug-likeness (QED) is 0.724. The van der Waals surface area contributed by atoms with E-state index in [4.69, 9.17) is 9.47 Å². The van der Waals surface area contributed by atoms with Crippen molar-refractivity contribution in [3.05, 3.63) is 18.2 Å². The molecule has 2 N–H and O–H groups in total. The maximum Gasteiger partial charge on any atom is 0.225 e. The first-order valence-electron chi connectivity index (χ1n) is 5.93. The molecule has 0 spiro atoms. The Balaban J connectivity index is 2.59. The zero-order valence-electron chi connectivity index (χ0n) is 11.1. The van der Waals surface area contributed by atoms with Crippen molar-refractivity contribution in [2.45, 2.75) is 13.3 Å². The summed E-state index contributed by atoms with van der Waals surface area (Å²) in [6, 6.07) is 5.29. The molecule has 0 saturated carbocycles. The van der Waals surface area contributed by atoms with Gasteiger partial charge in [-0.3, -0.25) is 4.79 Å². The Morgan fingerprint density at radius 2 is 1.94 bits per heavy atom. The minimum Gasteiger partial charge on any atom is -0.493 e. The van der Waals surface area contributed by atoms with Gasteiger partial charge < -0.3 is 20.1 Å². The van der Waals surface area contributed by atoms with Crippen LogP contribution in [0.2, 0.25) is 0 Å². The third kappa shape index (κ3) is 4.25. The highest BCUT2D eigenvalue weighted by molar-refractivity contribution is 5.91. The van der Waals surface area contributed by atoms with E-state index in [0.29, 0.717) is 30.2 Å². The number of ether oxygens (including phenoxy) is 2. The number of hydrogen-bond acceptors (Lipinski definition) is 4. The number of rotatable bonds is 7. The van der Waals surface area contributed by atoms with Crippen LogP contribution in [0.5, 0.6) is 11.5 Å². The minimum atomic E-state index is -0.0248. The number of carbonyl (C=O) groups is 1. The minimum absolute atomic E-state index is 0.0248. The second-order valence-electron chi connectivity index (χ2n) is 3.72. The Hall–Kier alpha value is -1.75. The van der Waals surface area contributed by atoms with E-state index in [1.807, 2.05) is 6.92 Å². The van der Waals surface area contributed by atoms with Gasteiger partial charge in [-0.05, 0) is 18.7 Å². The Labute approximate surface area is 107 Å². The van der Waals surface area contributed by atoms with Gasteiger partial charge in [0.1, 0.15) is 0 Å². The molecule has 0 aromatic heterocycles. The van der Waals surface area contributed by atoms with Crippen LogP contribution in [0.1, 0.15) is 13.3 Å². The van der Waals surface area contributed by atoms with Crippen LogP contribution in [0.25, 0.3) is 0 Å². The molecule has 1 aromatic carbocycles. The standard InChI is InChI=1S/C13H20N2O3/c1-4-14-8-7-13(16)15-10-5-6-11(17-2)12(9-10)18-3/h5-6,9,14H,4,7-8H2,1-3H3,(H,15,16). The number of nitrogens with one attached hydrogen (secondary N) is 2. The van der Waals surface area contributed by atoms with E-state index in [9.17, 15) is 4.79 Å². The third-order valence-electron chi connectivity index (χ3n) is 2.45. The fraction of sp³-hybridized carbons (Fsp3) is 0.462. The van der Waals surface area contributed by atoms with E-state index in [-0.39, 0.29) is 5.91 Å². The second-order valence-corrected chi connectivity index (χ2v) is 3.72. The van der Waals surface area contributed by atoms with E-state index in [0.717, 1.165) is 6.54 Å². The molecule has 0 fully saturated rings. The summed E-state index contributed by atoms with van der Waals surface area (Å²) in [7, 11) is 3.14. The first-order chi connectivity index (χ1) is 8.71. The van der Waals surface area contributed by atoms with Crippen molar-refractivity contribution >= 4 is 11.6 Å². The number of methoxy groups -OCH3 is 2.